The number of aryl methyl sites for hydroxylation is 1. The standard InChI is InChI=1S/C33H39N.C3H6O2/c1-3-12-28(13-4-1)32(29-14-5-2-6-15-29)31-19-20-33(21-22-33)34(25-31)23-9-11-26-10-7-18-30(24-26)27-16-8-17-27;1-2-3(4)5/h1-7,10,12-15,18,24,27,31-32H,8-9,11,16-17,19-23,25H2;2H2,1H3,(H,4,5). The lowest BCUT2D eigenvalue weighted by atomic mass is 9.75. The van der Waals surface area contributed by atoms with Crippen LogP contribution < -0.4 is 0 Å². The van der Waals surface area contributed by atoms with E-state index in [1.54, 1.807) is 18.1 Å². The number of likely N-dealkylation sites (tertiary alicyclic amines) is 1. The van der Waals surface area contributed by atoms with Crippen LogP contribution in [0.2, 0.25) is 0 Å². The number of carboxylic acid groups (broad SMARTS) is 1. The third-order valence-electron chi connectivity index (χ3n) is 9.45. The Morgan fingerprint density at radius 1 is 0.897 bits per heavy atom. The van der Waals surface area contributed by atoms with Crippen LogP contribution in [0.15, 0.2) is 84.9 Å². The van der Waals surface area contributed by atoms with Gasteiger partial charge in [-0.2, -0.15) is 0 Å². The predicted molar refractivity (Wildman–Crippen MR) is 160 cm³/mol. The van der Waals surface area contributed by atoms with Crippen molar-refractivity contribution in [1.29, 1.82) is 0 Å². The van der Waals surface area contributed by atoms with E-state index in [-0.39, 0.29) is 6.42 Å². The molecule has 3 aromatic carbocycles. The Morgan fingerprint density at radius 3 is 2.08 bits per heavy atom. The lowest BCUT2D eigenvalue weighted by Gasteiger charge is -2.43. The lowest BCUT2D eigenvalue weighted by molar-refractivity contribution is -0.136. The second-order valence-electron chi connectivity index (χ2n) is 12.0. The molecule has 3 heteroatoms. The van der Waals surface area contributed by atoms with Gasteiger partial charge in [-0.25, -0.2) is 0 Å². The van der Waals surface area contributed by atoms with Crippen LogP contribution in [0.25, 0.3) is 0 Å². The molecule has 2 aliphatic carbocycles. The molecule has 1 atom stereocenters. The van der Waals surface area contributed by atoms with E-state index in [1.807, 2.05) is 0 Å². The summed E-state index contributed by atoms with van der Waals surface area (Å²) < 4.78 is 0. The molecule has 1 spiro atoms. The van der Waals surface area contributed by atoms with Gasteiger partial charge in [-0.3, -0.25) is 9.69 Å². The number of piperidine rings is 1. The van der Waals surface area contributed by atoms with Gasteiger partial charge in [0.25, 0.3) is 0 Å². The van der Waals surface area contributed by atoms with Crippen molar-refractivity contribution in [2.75, 3.05) is 13.1 Å². The minimum atomic E-state index is -0.745. The van der Waals surface area contributed by atoms with Crippen LogP contribution in [0.1, 0.15) is 98.8 Å². The highest BCUT2D eigenvalue weighted by molar-refractivity contribution is 5.66. The van der Waals surface area contributed by atoms with Crippen LogP contribution in [-0.2, 0) is 11.2 Å². The molecule has 206 valence electrons. The van der Waals surface area contributed by atoms with Gasteiger partial charge in [0.05, 0.1) is 0 Å². The number of hydrogen-bond donors (Lipinski definition) is 1. The quantitative estimate of drug-likeness (QED) is 0.306. The first-order valence-electron chi connectivity index (χ1n) is 15.2. The largest absolute Gasteiger partial charge is 0.481 e. The summed E-state index contributed by atoms with van der Waals surface area (Å²) >= 11 is 0. The summed E-state index contributed by atoms with van der Waals surface area (Å²) in [6.45, 7) is 4.10. The van der Waals surface area contributed by atoms with Gasteiger partial charge in [-0.05, 0) is 92.0 Å². The molecular formula is C36H45NO2. The summed E-state index contributed by atoms with van der Waals surface area (Å²) in [5.41, 5.74) is 6.64. The number of benzene rings is 3. The number of carbonyl (C=O) groups is 1. The molecule has 0 aromatic heterocycles. The zero-order chi connectivity index (χ0) is 27.1. The summed E-state index contributed by atoms with van der Waals surface area (Å²) in [6.07, 6.45) is 12.5. The van der Waals surface area contributed by atoms with E-state index in [2.05, 4.69) is 89.8 Å². The van der Waals surface area contributed by atoms with Gasteiger partial charge in [0.1, 0.15) is 0 Å². The van der Waals surface area contributed by atoms with Gasteiger partial charge in [-0.1, -0.05) is 98.3 Å². The van der Waals surface area contributed by atoms with Crippen molar-refractivity contribution < 1.29 is 9.90 Å². The fourth-order valence-electron chi connectivity index (χ4n) is 6.77. The monoisotopic (exact) mass is 523 g/mol. The van der Waals surface area contributed by atoms with Crippen molar-refractivity contribution >= 4 is 5.97 Å². The maximum Gasteiger partial charge on any atom is 0.303 e. The van der Waals surface area contributed by atoms with Gasteiger partial charge in [0, 0.05) is 24.4 Å². The van der Waals surface area contributed by atoms with Crippen LogP contribution in [0.5, 0.6) is 0 Å². The molecule has 1 saturated heterocycles. The Hall–Kier alpha value is -2.91. The van der Waals surface area contributed by atoms with E-state index < -0.39 is 5.97 Å². The average Bonchev–Trinajstić information content (AvgIpc) is 3.72. The number of aliphatic carboxylic acids is 1. The first kappa shape index (κ1) is 27.6. The summed E-state index contributed by atoms with van der Waals surface area (Å²) in [4.78, 5) is 12.3. The van der Waals surface area contributed by atoms with E-state index in [0.29, 0.717) is 17.4 Å². The highest BCUT2D eigenvalue weighted by Crippen LogP contribution is 2.52. The molecule has 0 amide bonds. The van der Waals surface area contributed by atoms with E-state index in [9.17, 15) is 4.79 Å². The fraction of sp³-hybridized carbons (Fsp3) is 0.472. The molecule has 1 N–H and O–H groups in total. The Kier molecular flexibility index (Phi) is 9.19. The van der Waals surface area contributed by atoms with Crippen molar-refractivity contribution in [2.24, 2.45) is 5.92 Å². The Morgan fingerprint density at radius 2 is 1.54 bits per heavy atom. The second kappa shape index (κ2) is 13.0. The highest BCUT2D eigenvalue weighted by atomic mass is 16.4. The van der Waals surface area contributed by atoms with Crippen molar-refractivity contribution in [3.8, 4) is 0 Å². The van der Waals surface area contributed by atoms with E-state index >= 15 is 0 Å². The smallest absolute Gasteiger partial charge is 0.303 e. The van der Waals surface area contributed by atoms with Crippen molar-refractivity contribution in [1.82, 2.24) is 4.90 Å². The van der Waals surface area contributed by atoms with E-state index in [0.717, 1.165) is 5.92 Å². The SMILES string of the molecule is CCC(=O)O.c1ccc(C(c2ccccc2)C2CCC3(CC3)N(CCCc3cccc(C4CCC4)c3)C2)cc1. The minimum absolute atomic E-state index is 0.222. The first-order chi connectivity index (χ1) is 19.1. The van der Waals surface area contributed by atoms with Gasteiger partial charge in [0.15, 0.2) is 0 Å². The van der Waals surface area contributed by atoms with Gasteiger partial charge < -0.3 is 5.11 Å². The zero-order valence-corrected chi connectivity index (χ0v) is 23.6. The van der Waals surface area contributed by atoms with Crippen molar-refractivity contribution in [2.45, 2.75) is 88.5 Å². The van der Waals surface area contributed by atoms with Gasteiger partial charge in [0.2, 0.25) is 0 Å². The third-order valence-corrected chi connectivity index (χ3v) is 9.45. The molecule has 1 heterocycles. The normalized spacial score (nSPS) is 20.2. The molecule has 3 aromatic rings. The molecule has 3 aliphatic rings. The van der Waals surface area contributed by atoms with Crippen LogP contribution in [-0.4, -0.2) is 34.6 Å². The molecule has 0 bridgehead atoms. The van der Waals surface area contributed by atoms with E-state index in [4.69, 9.17) is 5.11 Å². The summed E-state index contributed by atoms with van der Waals surface area (Å²) in [7, 11) is 0. The molecule has 39 heavy (non-hydrogen) atoms. The van der Waals surface area contributed by atoms with Crippen LogP contribution in [0.3, 0.4) is 0 Å². The van der Waals surface area contributed by atoms with Crippen molar-refractivity contribution in [3.05, 3.63) is 107 Å². The number of hydrogen-bond acceptors (Lipinski definition) is 2. The summed E-state index contributed by atoms with van der Waals surface area (Å²) in [5, 5.41) is 7.72. The lowest BCUT2D eigenvalue weighted by Crippen LogP contribution is -2.47. The number of carboxylic acids is 1. The molecule has 3 nitrogen and oxygen atoms in total. The molecule has 1 unspecified atom stereocenters. The van der Waals surface area contributed by atoms with Crippen molar-refractivity contribution in [3.63, 3.8) is 0 Å². The Balaban J connectivity index is 0.000000567. The van der Waals surface area contributed by atoms with Gasteiger partial charge in [-0.15, -0.1) is 0 Å². The molecule has 1 aliphatic heterocycles. The maximum atomic E-state index is 9.37. The topological polar surface area (TPSA) is 40.5 Å². The van der Waals surface area contributed by atoms with Crippen LogP contribution in [0, 0.1) is 5.92 Å². The van der Waals surface area contributed by atoms with Gasteiger partial charge >= 0.3 is 5.97 Å². The number of rotatable bonds is 9. The first-order valence-corrected chi connectivity index (χ1v) is 15.2. The van der Waals surface area contributed by atoms with E-state index in [1.165, 1.54) is 82.0 Å². The summed E-state index contributed by atoms with van der Waals surface area (Å²) in [6, 6.07) is 32.1. The average molecular weight is 524 g/mol. The number of nitrogens with zero attached hydrogens (tertiary/aromatic N) is 1. The third kappa shape index (κ3) is 7.00. The second-order valence-corrected chi connectivity index (χ2v) is 12.0. The Bertz CT molecular complexity index is 1140. The zero-order valence-electron chi connectivity index (χ0n) is 23.6. The summed E-state index contributed by atoms with van der Waals surface area (Å²) in [5.74, 6) is 1.29. The Labute approximate surface area is 235 Å². The molecule has 0 radical (unpaired) electrons. The molecular weight excluding hydrogens is 478 g/mol. The van der Waals surface area contributed by atoms with Crippen LogP contribution >= 0.6 is 0 Å². The fourth-order valence-corrected chi connectivity index (χ4v) is 6.77. The molecule has 6 rings (SSSR count). The minimum Gasteiger partial charge on any atom is -0.481 e. The predicted octanol–water partition coefficient (Wildman–Crippen LogP) is 8.44. The van der Waals surface area contributed by atoms with Crippen LogP contribution in [0.4, 0.5) is 0 Å². The molecule has 3 fully saturated rings. The maximum absolute atomic E-state index is 9.37. The molecule has 2 saturated carbocycles. The highest BCUT2D eigenvalue weighted by Gasteiger charge is 2.51.